The molecule has 3 unspecified atom stereocenters. The van der Waals surface area contributed by atoms with Crippen molar-refractivity contribution in [3.8, 4) is 5.75 Å². The fraction of sp³-hybridized carbons (Fsp3) is 0.214. The average Bonchev–Trinajstić information content (AvgIpc) is 2.83. The maximum absolute atomic E-state index is 13.7. The normalized spacial score (nSPS) is 21.2. The number of methoxy groups -OCH3 is 1. The van der Waals surface area contributed by atoms with Gasteiger partial charge in [0.15, 0.2) is 5.78 Å². The lowest BCUT2D eigenvalue weighted by Gasteiger charge is -2.35. The Bertz CT molecular complexity index is 1050. The van der Waals surface area contributed by atoms with Gasteiger partial charge < -0.3 is 4.74 Å². The summed E-state index contributed by atoms with van der Waals surface area (Å²) in [4.78, 5) is 26.4. The third-order valence-electron chi connectivity index (χ3n) is 6.05. The van der Waals surface area contributed by atoms with E-state index in [1.807, 2.05) is 91.0 Å². The molecule has 0 aromatic heterocycles. The molecule has 156 valence electrons. The number of ether oxygens (including phenoxy) is 1. The van der Waals surface area contributed by atoms with E-state index in [0.717, 1.165) is 16.9 Å². The van der Waals surface area contributed by atoms with E-state index < -0.39 is 0 Å². The lowest BCUT2D eigenvalue weighted by molar-refractivity contribution is -0.122. The quantitative estimate of drug-likeness (QED) is 0.470. The van der Waals surface area contributed by atoms with Gasteiger partial charge in [0, 0.05) is 30.2 Å². The number of Topliss-reactive ketones (excluding diaryl/α,β-unsaturated/α-hetero) is 2. The summed E-state index contributed by atoms with van der Waals surface area (Å²) in [7, 11) is 1.63. The van der Waals surface area contributed by atoms with Crippen LogP contribution in [0.15, 0.2) is 91.0 Å². The van der Waals surface area contributed by atoms with Gasteiger partial charge in [-0.1, -0.05) is 84.9 Å². The van der Waals surface area contributed by atoms with Crippen LogP contribution in [0.4, 0.5) is 0 Å². The molecule has 0 amide bonds. The number of carbonyl (C=O) groups is 2. The van der Waals surface area contributed by atoms with Crippen molar-refractivity contribution in [1.82, 2.24) is 0 Å². The molecule has 0 radical (unpaired) electrons. The molecular formula is C28H26O3. The van der Waals surface area contributed by atoms with Gasteiger partial charge in [-0.25, -0.2) is 0 Å². The van der Waals surface area contributed by atoms with Crippen LogP contribution in [0.5, 0.6) is 5.75 Å². The molecule has 1 fully saturated rings. The molecule has 0 aliphatic heterocycles. The SMILES string of the molecule is COc1ccc(C2CC(=O)CC(/C=C/c3ccccc3)C2C(=O)c2ccccc2)cc1. The number of benzene rings is 3. The summed E-state index contributed by atoms with van der Waals surface area (Å²) in [5, 5.41) is 0. The molecule has 3 aromatic rings. The Morgan fingerprint density at radius 1 is 0.871 bits per heavy atom. The molecule has 0 saturated heterocycles. The molecule has 3 heteroatoms. The highest BCUT2D eigenvalue weighted by atomic mass is 16.5. The topological polar surface area (TPSA) is 43.4 Å². The Balaban J connectivity index is 1.73. The van der Waals surface area contributed by atoms with Crippen molar-refractivity contribution < 1.29 is 14.3 Å². The first kappa shape index (κ1) is 20.8. The van der Waals surface area contributed by atoms with Gasteiger partial charge >= 0.3 is 0 Å². The van der Waals surface area contributed by atoms with E-state index >= 15 is 0 Å². The number of hydrogen-bond acceptors (Lipinski definition) is 3. The van der Waals surface area contributed by atoms with Crippen molar-refractivity contribution in [2.24, 2.45) is 11.8 Å². The highest BCUT2D eigenvalue weighted by Gasteiger charge is 2.41. The summed E-state index contributed by atoms with van der Waals surface area (Å²) >= 11 is 0. The molecule has 1 aliphatic carbocycles. The Labute approximate surface area is 183 Å². The van der Waals surface area contributed by atoms with Crippen LogP contribution in [0.3, 0.4) is 0 Å². The zero-order chi connectivity index (χ0) is 21.6. The van der Waals surface area contributed by atoms with Gasteiger partial charge in [0.1, 0.15) is 11.5 Å². The van der Waals surface area contributed by atoms with Crippen molar-refractivity contribution in [1.29, 1.82) is 0 Å². The summed E-state index contributed by atoms with van der Waals surface area (Å²) in [5.74, 6) is 0.439. The molecule has 3 aromatic carbocycles. The molecule has 1 saturated carbocycles. The fourth-order valence-corrected chi connectivity index (χ4v) is 4.48. The van der Waals surface area contributed by atoms with E-state index in [4.69, 9.17) is 4.74 Å². The van der Waals surface area contributed by atoms with E-state index in [9.17, 15) is 9.59 Å². The van der Waals surface area contributed by atoms with Crippen molar-refractivity contribution in [2.75, 3.05) is 7.11 Å². The highest BCUT2D eigenvalue weighted by molar-refractivity contribution is 6.00. The summed E-state index contributed by atoms with van der Waals surface area (Å²) in [6.07, 6.45) is 4.85. The predicted molar refractivity (Wildman–Crippen MR) is 123 cm³/mol. The second kappa shape index (κ2) is 9.57. The van der Waals surface area contributed by atoms with Crippen LogP contribution in [0.2, 0.25) is 0 Å². The first-order valence-electron chi connectivity index (χ1n) is 10.6. The molecule has 1 aliphatic rings. The first-order valence-corrected chi connectivity index (χ1v) is 10.6. The molecule has 0 bridgehead atoms. The van der Waals surface area contributed by atoms with E-state index in [1.165, 1.54) is 0 Å². The fourth-order valence-electron chi connectivity index (χ4n) is 4.48. The predicted octanol–water partition coefficient (Wildman–Crippen LogP) is 5.97. The molecule has 31 heavy (non-hydrogen) atoms. The average molecular weight is 411 g/mol. The monoisotopic (exact) mass is 410 g/mol. The van der Waals surface area contributed by atoms with Gasteiger partial charge in [-0.3, -0.25) is 9.59 Å². The van der Waals surface area contributed by atoms with Gasteiger partial charge in [0.05, 0.1) is 7.11 Å². The van der Waals surface area contributed by atoms with Crippen LogP contribution in [-0.4, -0.2) is 18.7 Å². The molecule has 3 nitrogen and oxygen atoms in total. The molecule has 4 rings (SSSR count). The van der Waals surface area contributed by atoms with E-state index in [-0.39, 0.29) is 29.3 Å². The van der Waals surface area contributed by atoms with Crippen LogP contribution in [0, 0.1) is 11.8 Å². The standard InChI is InChI=1S/C28H26O3/c1-31-25-16-14-21(15-17-25)26-19-24(29)18-23(13-12-20-8-4-2-5-9-20)27(26)28(30)22-10-6-3-7-11-22/h2-17,23,26-27H,18-19H2,1H3/b13-12+. The second-order valence-corrected chi connectivity index (χ2v) is 8.02. The summed E-state index contributed by atoms with van der Waals surface area (Å²) in [6.45, 7) is 0. The summed E-state index contributed by atoms with van der Waals surface area (Å²) in [5.41, 5.74) is 2.76. The maximum atomic E-state index is 13.7. The lowest BCUT2D eigenvalue weighted by atomic mass is 9.66. The number of carbonyl (C=O) groups excluding carboxylic acids is 2. The molecule has 0 N–H and O–H groups in total. The third-order valence-corrected chi connectivity index (χ3v) is 6.05. The van der Waals surface area contributed by atoms with Crippen LogP contribution >= 0.6 is 0 Å². The molecule has 0 heterocycles. The van der Waals surface area contributed by atoms with E-state index in [0.29, 0.717) is 18.4 Å². The smallest absolute Gasteiger partial charge is 0.167 e. The minimum atomic E-state index is -0.298. The molecule has 0 spiro atoms. The van der Waals surface area contributed by atoms with Gasteiger partial charge in [0.25, 0.3) is 0 Å². The third kappa shape index (κ3) is 4.83. The van der Waals surface area contributed by atoms with Crippen LogP contribution in [0.1, 0.15) is 40.2 Å². The van der Waals surface area contributed by atoms with Crippen molar-refractivity contribution in [2.45, 2.75) is 18.8 Å². The zero-order valence-corrected chi connectivity index (χ0v) is 17.6. The minimum Gasteiger partial charge on any atom is -0.497 e. The number of allylic oxidation sites excluding steroid dienone is 1. The van der Waals surface area contributed by atoms with Crippen LogP contribution in [0.25, 0.3) is 6.08 Å². The highest BCUT2D eigenvalue weighted by Crippen LogP contribution is 2.43. The van der Waals surface area contributed by atoms with Gasteiger partial charge in [0.2, 0.25) is 0 Å². The van der Waals surface area contributed by atoms with Crippen molar-refractivity contribution >= 4 is 17.6 Å². The maximum Gasteiger partial charge on any atom is 0.167 e. The Morgan fingerprint density at radius 3 is 2.16 bits per heavy atom. The van der Waals surface area contributed by atoms with E-state index in [1.54, 1.807) is 7.11 Å². The molecule has 3 atom stereocenters. The first-order chi connectivity index (χ1) is 15.2. The number of rotatable bonds is 6. The van der Waals surface area contributed by atoms with Crippen molar-refractivity contribution in [3.63, 3.8) is 0 Å². The van der Waals surface area contributed by atoms with Gasteiger partial charge in [-0.05, 0) is 29.2 Å². The van der Waals surface area contributed by atoms with Crippen LogP contribution < -0.4 is 4.74 Å². The summed E-state index contributed by atoms with van der Waals surface area (Å²) in [6, 6.07) is 27.2. The number of ketones is 2. The number of hydrogen-bond donors (Lipinski definition) is 0. The van der Waals surface area contributed by atoms with Gasteiger partial charge in [-0.15, -0.1) is 0 Å². The van der Waals surface area contributed by atoms with E-state index in [2.05, 4.69) is 6.08 Å². The molecular weight excluding hydrogens is 384 g/mol. The Morgan fingerprint density at radius 2 is 1.52 bits per heavy atom. The Hall–Kier alpha value is -3.46. The largest absolute Gasteiger partial charge is 0.497 e. The lowest BCUT2D eigenvalue weighted by Crippen LogP contribution is -2.36. The van der Waals surface area contributed by atoms with Gasteiger partial charge in [-0.2, -0.15) is 0 Å². The zero-order valence-electron chi connectivity index (χ0n) is 17.6. The second-order valence-electron chi connectivity index (χ2n) is 8.02. The minimum absolute atomic E-state index is 0.0941. The Kier molecular flexibility index (Phi) is 6.42. The van der Waals surface area contributed by atoms with Crippen LogP contribution in [-0.2, 0) is 4.79 Å². The van der Waals surface area contributed by atoms with Crippen molar-refractivity contribution in [3.05, 3.63) is 108 Å². The summed E-state index contributed by atoms with van der Waals surface area (Å²) < 4.78 is 5.28.